The van der Waals surface area contributed by atoms with Crippen LogP contribution in [0, 0.1) is 0 Å². The molecule has 1 amide bonds. The van der Waals surface area contributed by atoms with Crippen LogP contribution in [0.15, 0.2) is 54.6 Å². The molecule has 0 heterocycles. The second-order valence-corrected chi connectivity index (χ2v) is 6.42. The van der Waals surface area contributed by atoms with Gasteiger partial charge in [-0.3, -0.25) is 4.79 Å². The topological polar surface area (TPSA) is 38.3 Å². The van der Waals surface area contributed by atoms with E-state index in [1.807, 2.05) is 42.5 Å². The van der Waals surface area contributed by atoms with Crippen molar-refractivity contribution in [2.45, 2.75) is 11.9 Å². The van der Waals surface area contributed by atoms with Crippen LogP contribution < -0.4 is 5.32 Å². The fourth-order valence-corrected chi connectivity index (χ4v) is 3.22. The lowest BCUT2D eigenvalue weighted by Crippen LogP contribution is -2.30. The molecule has 0 aliphatic carbocycles. The summed E-state index contributed by atoms with van der Waals surface area (Å²) in [5, 5.41) is 3.55. The maximum atomic E-state index is 11.9. The highest BCUT2D eigenvalue weighted by Crippen LogP contribution is 2.24. The summed E-state index contributed by atoms with van der Waals surface area (Å²) in [4.78, 5) is 11.9. The molecule has 2 rings (SSSR count). The number of amides is 1. The quantitative estimate of drug-likeness (QED) is 0.780. The first-order valence-electron chi connectivity index (χ1n) is 7.36. The van der Waals surface area contributed by atoms with Gasteiger partial charge in [-0.1, -0.05) is 60.1 Å². The Balaban J connectivity index is 1.75. The molecule has 0 aliphatic heterocycles. The summed E-state index contributed by atoms with van der Waals surface area (Å²) in [6.07, 6.45) is -0.244. The zero-order valence-electron chi connectivity index (χ0n) is 13.0. The van der Waals surface area contributed by atoms with Crippen LogP contribution in [-0.2, 0) is 15.3 Å². The lowest BCUT2D eigenvalue weighted by atomic mass is 10.1. The van der Waals surface area contributed by atoms with Gasteiger partial charge in [0.05, 0.1) is 5.75 Å². The zero-order chi connectivity index (χ0) is 16.5. The third-order valence-corrected chi connectivity index (χ3v) is 4.71. The molecule has 1 N–H and O–H groups in total. The lowest BCUT2D eigenvalue weighted by Gasteiger charge is -2.17. The Labute approximate surface area is 146 Å². The molecule has 0 fully saturated rings. The number of hydrogen-bond acceptors (Lipinski definition) is 3. The molecule has 0 aromatic heterocycles. The van der Waals surface area contributed by atoms with Gasteiger partial charge in [-0.25, -0.2) is 0 Å². The predicted octanol–water partition coefficient (Wildman–Crippen LogP) is 4.08. The number of ether oxygens (including phenoxy) is 1. The highest BCUT2D eigenvalue weighted by Gasteiger charge is 2.14. The Hall–Kier alpha value is -1.49. The van der Waals surface area contributed by atoms with E-state index in [0.29, 0.717) is 17.3 Å². The smallest absolute Gasteiger partial charge is 0.230 e. The van der Waals surface area contributed by atoms with E-state index in [-0.39, 0.29) is 12.0 Å². The molecule has 0 aliphatic rings. The van der Waals surface area contributed by atoms with Gasteiger partial charge in [-0.05, 0) is 11.6 Å². The predicted molar refractivity (Wildman–Crippen MR) is 96.8 cm³/mol. The van der Waals surface area contributed by atoms with E-state index in [4.69, 9.17) is 16.3 Å². The van der Waals surface area contributed by atoms with Crippen LogP contribution in [0.4, 0.5) is 0 Å². The van der Waals surface area contributed by atoms with E-state index < -0.39 is 0 Å². The van der Waals surface area contributed by atoms with Crippen LogP contribution in [0.25, 0.3) is 0 Å². The van der Waals surface area contributed by atoms with Crippen molar-refractivity contribution < 1.29 is 9.53 Å². The van der Waals surface area contributed by atoms with E-state index >= 15 is 0 Å². The molecule has 0 spiro atoms. The highest BCUT2D eigenvalue weighted by molar-refractivity contribution is 7.99. The average molecular weight is 350 g/mol. The summed E-state index contributed by atoms with van der Waals surface area (Å²) in [7, 11) is 1.62. The van der Waals surface area contributed by atoms with E-state index in [1.54, 1.807) is 18.9 Å². The first-order chi connectivity index (χ1) is 11.2. The summed E-state index contributed by atoms with van der Waals surface area (Å²) < 4.78 is 5.44. The Morgan fingerprint density at radius 1 is 1.17 bits per heavy atom. The van der Waals surface area contributed by atoms with Gasteiger partial charge in [0.25, 0.3) is 0 Å². The Kier molecular flexibility index (Phi) is 7.46. The minimum atomic E-state index is -0.244. The Morgan fingerprint density at radius 3 is 2.57 bits per heavy atom. The molecule has 0 bridgehead atoms. The zero-order valence-corrected chi connectivity index (χ0v) is 14.6. The van der Waals surface area contributed by atoms with Crippen molar-refractivity contribution in [2.75, 3.05) is 19.4 Å². The molecule has 23 heavy (non-hydrogen) atoms. The van der Waals surface area contributed by atoms with Crippen molar-refractivity contribution in [3.8, 4) is 0 Å². The van der Waals surface area contributed by atoms with Crippen molar-refractivity contribution in [2.24, 2.45) is 0 Å². The molecule has 3 nitrogen and oxygen atoms in total. The number of hydrogen-bond donors (Lipinski definition) is 1. The van der Waals surface area contributed by atoms with Crippen LogP contribution in [0.2, 0.25) is 5.02 Å². The van der Waals surface area contributed by atoms with Crippen LogP contribution in [-0.4, -0.2) is 25.3 Å². The summed E-state index contributed by atoms with van der Waals surface area (Å²) in [6, 6.07) is 17.6. The molecule has 0 saturated heterocycles. The number of nitrogens with one attached hydrogen (secondary N) is 1. The number of carbonyl (C=O) groups excluding carboxylic acids is 1. The van der Waals surface area contributed by atoms with Gasteiger partial charge < -0.3 is 10.1 Å². The number of thioether (sulfide) groups is 1. The first kappa shape index (κ1) is 17.9. The normalized spacial score (nSPS) is 11.9. The van der Waals surface area contributed by atoms with Crippen LogP contribution >= 0.6 is 23.4 Å². The first-order valence-corrected chi connectivity index (χ1v) is 8.89. The fourth-order valence-electron chi connectivity index (χ4n) is 2.15. The molecular weight excluding hydrogens is 330 g/mol. The van der Waals surface area contributed by atoms with Gasteiger partial charge in [-0.2, -0.15) is 0 Å². The maximum Gasteiger partial charge on any atom is 0.230 e. The van der Waals surface area contributed by atoms with Crippen LogP contribution in [0.5, 0.6) is 0 Å². The number of methoxy groups -OCH3 is 1. The standard InChI is InChI=1S/C18H20ClNO2S/c1-22-17(15-9-5-6-10-16(15)19)11-20-18(21)13-23-12-14-7-3-2-4-8-14/h2-10,17H,11-13H2,1H3,(H,20,21)/t17-/m1/s1. The highest BCUT2D eigenvalue weighted by atomic mass is 35.5. The average Bonchev–Trinajstić information content (AvgIpc) is 2.58. The van der Waals surface area contributed by atoms with Gasteiger partial charge in [0.2, 0.25) is 5.91 Å². The summed E-state index contributed by atoms with van der Waals surface area (Å²) in [6.45, 7) is 0.408. The summed E-state index contributed by atoms with van der Waals surface area (Å²) in [5.74, 6) is 1.25. The van der Waals surface area contributed by atoms with Gasteiger partial charge in [-0.15, -0.1) is 11.8 Å². The lowest BCUT2D eigenvalue weighted by molar-refractivity contribution is -0.119. The van der Waals surface area contributed by atoms with Gasteiger partial charge in [0.1, 0.15) is 6.10 Å². The fraction of sp³-hybridized carbons (Fsp3) is 0.278. The number of halogens is 1. The van der Waals surface area contributed by atoms with Crippen LogP contribution in [0.1, 0.15) is 17.2 Å². The van der Waals surface area contributed by atoms with Crippen molar-refractivity contribution in [3.05, 3.63) is 70.7 Å². The summed E-state index contributed by atoms with van der Waals surface area (Å²) in [5.41, 5.74) is 2.10. The van der Waals surface area contributed by atoms with E-state index in [1.165, 1.54) is 5.56 Å². The minimum Gasteiger partial charge on any atom is -0.375 e. The maximum absolute atomic E-state index is 11.9. The Bertz CT molecular complexity index is 621. The molecule has 0 unspecified atom stereocenters. The van der Waals surface area contributed by atoms with Gasteiger partial charge in [0.15, 0.2) is 0 Å². The minimum absolute atomic E-state index is 0.0000321. The van der Waals surface area contributed by atoms with Crippen molar-refractivity contribution in [3.63, 3.8) is 0 Å². The van der Waals surface area contributed by atoms with E-state index in [2.05, 4.69) is 17.4 Å². The largest absolute Gasteiger partial charge is 0.375 e. The second kappa shape index (κ2) is 9.60. The SMILES string of the molecule is CO[C@H](CNC(=O)CSCc1ccccc1)c1ccccc1Cl. The van der Waals surface area contributed by atoms with Gasteiger partial charge in [0, 0.05) is 30.0 Å². The molecule has 2 aromatic carbocycles. The molecule has 0 saturated carbocycles. The number of rotatable bonds is 8. The number of carbonyl (C=O) groups is 1. The molecule has 122 valence electrons. The van der Waals surface area contributed by atoms with E-state index in [9.17, 15) is 4.79 Å². The second-order valence-electron chi connectivity index (χ2n) is 5.03. The number of benzene rings is 2. The van der Waals surface area contributed by atoms with Crippen molar-refractivity contribution in [1.82, 2.24) is 5.32 Å². The molecular formula is C18H20ClNO2S. The Morgan fingerprint density at radius 2 is 1.87 bits per heavy atom. The third-order valence-electron chi connectivity index (χ3n) is 3.37. The molecule has 2 aromatic rings. The van der Waals surface area contributed by atoms with Gasteiger partial charge >= 0.3 is 0 Å². The third kappa shape index (κ3) is 5.90. The van der Waals surface area contributed by atoms with Crippen molar-refractivity contribution >= 4 is 29.3 Å². The molecule has 1 atom stereocenters. The molecule has 0 radical (unpaired) electrons. The summed E-state index contributed by atoms with van der Waals surface area (Å²) >= 11 is 7.76. The molecule has 5 heteroatoms. The monoisotopic (exact) mass is 349 g/mol. The van der Waals surface area contributed by atoms with Crippen molar-refractivity contribution in [1.29, 1.82) is 0 Å². The van der Waals surface area contributed by atoms with E-state index in [0.717, 1.165) is 11.3 Å². The van der Waals surface area contributed by atoms with Crippen LogP contribution in [0.3, 0.4) is 0 Å².